The Kier molecular flexibility index (Phi) is 5.80. The predicted molar refractivity (Wildman–Crippen MR) is 80.8 cm³/mol. The van der Waals surface area contributed by atoms with E-state index in [2.05, 4.69) is 0 Å². The molecule has 108 valence electrons. The fourth-order valence-electron chi connectivity index (χ4n) is 1.86. The van der Waals surface area contributed by atoms with Crippen molar-refractivity contribution in [1.29, 1.82) is 0 Å². The second-order valence-electron chi connectivity index (χ2n) is 4.65. The molecule has 0 aliphatic carbocycles. The Morgan fingerprint density at radius 1 is 1.30 bits per heavy atom. The van der Waals surface area contributed by atoms with Crippen LogP contribution in [0.2, 0.25) is 0 Å². The van der Waals surface area contributed by atoms with E-state index in [9.17, 15) is 4.79 Å². The van der Waals surface area contributed by atoms with E-state index >= 15 is 0 Å². The fourth-order valence-corrected chi connectivity index (χ4v) is 1.86. The van der Waals surface area contributed by atoms with Crippen LogP contribution in [0, 0.1) is 6.92 Å². The number of hydrogen-bond acceptors (Lipinski definition) is 3. The van der Waals surface area contributed by atoms with Crippen molar-refractivity contribution >= 4 is 18.3 Å². The summed E-state index contributed by atoms with van der Waals surface area (Å²) >= 11 is 0. The number of carbonyl (C=O) groups excluding carboxylic acids is 1. The quantitative estimate of drug-likeness (QED) is 0.943. The van der Waals surface area contributed by atoms with Gasteiger partial charge in [-0.3, -0.25) is 4.79 Å². The SMILES string of the molecule is Cc1ccc(CN(C)C(=O)c2coc(CN)c2)cc1.Cl. The Morgan fingerprint density at radius 3 is 2.50 bits per heavy atom. The van der Waals surface area contributed by atoms with Gasteiger partial charge < -0.3 is 15.1 Å². The summed E-state index contributed by atoms with van der Waals surface area (Å²) in [4.78, 5) is 13.8. The van der Waals surface area contributed by atoms with Gasteiger partial charge in [0, 0.05) is 13.6 Å². The first-order valence-electron chi connectivity index (χ1n) is 6.18. The van der Waals surface area contributed by atoms with Crippen LogP contribution in [0.3, 0.4) is 0 Å². The van der Waals surface area contributed by atoms with E-state index in [1.54, 1.807) is 18.0 Å². The summed E-state index contributed by atoms with van der Waals surface area (Å²) in [6.45, 7) is 2.91. The van der Waals surface area contributed by atoms with Crippen molar-refractivity contribution < 1.29 is 9.21 Å². The average molecular weight is 295 g/mol. The van der Waals surface area contributed by atoms with E-state index in [0.717, 1.165) is 5.56 Å². The van der Waals surface area contributed by atoms with Crippen molar-refractivity contribution in [2.75, 3.05) is 7.05 Å². The summed E-state index contributed by atoms with van der Waals surface area (Å²) < 4.78 is 5.18. The normalized spacial score (nSPS) is 9.95. The van der Waals surface area contributed by atoms with Crippen LogP contribution in [-0.2, 0) is 13.1 Å². The van der Waals surface area contributed by atoms with Gasteiger partial charge in [-0.15, -0.1) is 12.4 Å². The molecule has 2 rings (SSSR count). The van der Waals surface area contributed by atoms with Gasteiger partial charge in [0.05, 0.1) is 12.1 Å². The predicted octanol–water partition coefficient (Wildman–Crippen LogP) is 2.74. The lowest BCUT2D eigenvalue weighted by Gasteiger charge is -2.16. The van der Waals surface area contributed by atoms with E-state index in [4.69, 9.17) is 10.2 Å². The smallest absolute Gasteiger partial charge is 0.257 e. The van der Waals surface area contributed by atoms with Crippen LogP contribution in [0.5, 0.6) is 0 Å². The third-order valence-corrected chi connectivity index (χ3v) is 2.99. The summed E-state index contributed by atoms with van der Waals surface area (Å²) in [7, 11) is 1.78. The lowest BCUT2D eigenvalue weighted by molar-refractivity contribution is 0.0784. The van der Waals surface area contributed by atoms with Crippen LogP contribution in [0.25, 0.3) is 0 Å². The molecular weight excluding hydrogens is 276 g/mol. The standard InChI is InChI=1S/C15H18N2O2.ClH/c1-11-3-5-12(6-4-11)9-17(2)15(18)13-7-14(8-16)19-10-13;/h3-7,10H,8-9,16H2,1-2H3;1H. The summed E-state index contributed by atoms with van der Waals surface area (Å²) in [5.74, 6) is 0.552. The second kappa shape index (κ2) is 7.12. The third-order valence-electron chi connectivity index (χ3n) is 2.99. The lowest BCUT2D eigenvalue weighted by atomic mass is 10.1. The summed E-state index contributed by atoms with van der Waals surface area (Å²) in [6, 6.07) is 9.82. The average Bonchev–Trinajstić information content (AvgIpc) is 2.89. The van der Waals surface area contributed by atoms with Gasteiger partial charge in [0.25, 0.3) is 5.91 Å². The highest BCUT2D eigenvalue weighted by molar-refractivity contribution is 5.93. The number of nitrogens with two attached hydrogens (primary N) is 1. The minimum Gasteiger partial charge on any atom is -0.467 e. The molecular formula is C15H19ClN2O2. The molecule has 4 nitrogen and oxygen atoms in total. The number of hydrogen-bond donors (Lipinski definition) is 1. The molecule has 0 saturated carbocycles. The number of rotatable bonds is 4. The van der Waals surface area contributed by atoms with Crippen molar-refractivity contribution in [3.63, 3.8) is 0 Å². The lowest BCUT2D eigenvalue weighted by Crippen LogP contribution is -2.25. The monoisotopic (exact) mass is 294 g/mol. The highest BCUT2D eigenvalue weighted by atomic mass is 35.5. The molecule has 1 heterocycles. The van der Waals surface area contributed by atoms with Crippen LogP contribution in [0.15, 0.2) is 41.0 Å². The highest BCUT2D eigenvalue weighted by Crippen LogP contribution is 2.12. The van der Waals surface area contributed by atoms with E-state index in [1.165, 1.54) is 11.8 Å². The van der Waals surface area contributed by atoms with Gasteiger partial charge in [0.1, 0.15) is 12.0 Å². The minimum atomic E-state index is -0.0657. The molecule has 0 aliphatic heterocycles. The first-order chi connectivity index (χ1) is 9.10. The molecule has 1 aromatic carbocycles. The number of benzene rings is 1. The van der Waals surface area contributed by atoms with Crippen molar-refractivity contribution in [2.24, 2.45) is 5.73 Å². The third kappa shape index (κ3) is 3.85. The molecule has 1 amide bonds. The maximum Gasteiger partial charge on any atom is 0.257 e. The molecule has 0 spiro atoms. The van der Waals surface area contributed by atoms with E-state index in [0.29, 0.717) is 24.4 Å². The van der Waals surface area contributed by atoms with Crippen LogP contribution < -0.4 is 5.73 Å². The number of amides is 1. The Balaban J connectivity index is 0.00000200. The van der Waals surface area contributed by atoms with Crippen LogP contribution in [0.4, 0.5) is 0 Å². The highest BCUT2D eigenvalue weighted by Gasteiger charge is 2.14. The second-order valence-corrected chi connectivity index (χ2v) is 4.65. The topological polar surface area (TPSA) is 59.5 Å². The van der Waals surface area contributed by atoms with Gasteiger partial charge in [0.15, 0.2) is 0 Å². The Labute approximate surface area is 125 Å². The molecule has 0 bridgehead atoms. The molecule has 1 aromatic heterocycles. The number of nitrogens with zero attached hydrogens (tertiary/aromatic N) is 1. The van der Waals surface area contributed by atoms with E-state index in [-0.39, 0.29) is 18.3 Å². The van der Waals surface area contributed by atoms with Crippen molar-refractivity contribution in [3.05, 3.63) is 59.0 Å². The van der Waals surface area contributed by atoms with Gasteiger partial charge in [-0.05, 0) is 18.6 Å². The Morgan fingerprint density at radius 2 is 1.95 bits per heavy atom. The van der Waals surface area contributed by atoms with Crippen molar-refractivity contribution in [3.8, 4) is 0 Å². The van der Waals surface area contributed by atoms with E-state index in [1.807, 2.05) is 31.2 Å². The maximum atomic E-state index is 12.2. The summed E-state index contributed by atoms with van der Waals surface area (Å²) in [6.07, 6.45) is 1.45. The number of furan rings is 1. The molecule has 0 unspecified atom stereocenters. The Hall–Kier alpha value is -1.78. The maximum absolute atomic E-state index is 12.2. The van der Waals surface area contributed by atoms with Gasteiger partial charge in [-0.2, -0.15) is 0 Å². The number of aryl methyl sites for hydroxylation is 1. The zero-order valence-electron chi connectivity index (χ0n) is 11.6. The van der Waals surface area contributed by atoms with E-state index < -0.39 is 0 Å². The zero-order chi connectivity index (χ0) is 13.8. The minimum absolute atomic E-state index is 0. The molecule has 0 fully saturated rings. The first kappa shape index (κ1) is 16.3. The fraction of sp³-hybridized carbons (Fsp3) is 0.267. The summed E-state index contributed by atoms with van der Waals surface area (Å²) in [5, 5.41) is 0. The van der Waals surface area contributed by atoms with Crippen molar-refractivity contribution in [1.82, 2.24) is 4.90 Å². The number of carbonyl (C=O) groups is 1. The van der Waals surface area contributed by atoms with Crippen LogP contribution in [-0.4, -0.2) is 17.9 Å². The molecule has 2 aromatic rings. The van der Waals surface area contributed by atoms with Crippen molar-refractivity contribution in [2.45, 2.75) is 20.0 Å². The molecule has 0 saturated heterocycles. The largest absolute Gasteiger partial charge is 0.467 e. The van der Waals surface area contributed by atoms with Gasteiger partial charge in [-0.25, -0.2) is 0 Å². The summed E-state index contributed by atoms with van der Waals surface area (Å²) in [5.41, 5.74) is 8.30. The first-order valence-corrected chi connectivity index (χ1v) is 6.18. The molecule has 20 heavy (non-hydrogen) atoms. The molecule has 0 radical (unpaired) electrons. The van der Waals surface area contributed by atoms with Gasteiger partial charge >= 0.3 is 0 Å². The molecule has 5 heteroatoms. The van der Waals surface area contributed by atoms with Crippen LogP contribution in [0.1, 0.15) is 27.2 Å². The Bertz CT molecular complexity index is 564. The zero-order valence-corrected chi connectivity index (χ0v) is 12.4. The van der Waals surface area contributed by atoms with Crippen LogP contribution >= 0.6 is 12.4 Å². The molecule has 0 atom stereocenters. The molecule has 2 N–H and O–H groups in total. The van der Waals surface area contributed by atoms with Gasteiger partial charge in [-0.1, -0.05) is 29.8 Å². The van der Waals surface area contributed by atoms with Gasteiger partial charge in [0.2, 0.25) is 0 Å². The molecule has 0 aliphatic rings. The number of halogens is 1.